The van der Waals surface area contributed by atoms with E-state index < -0.39 is 0 Å². The van der Waals surface area contributed by atoms with Gasteiger partial charge < -0.3 is 4.57 Å². The van der Waals surface area contributed by atoms with Crippen molar-refractivity contribution in [2.45, 2.75) is 112 Å². The number of hydrogen-bond acceptors (Lipinski definition) is 0. The van der Waals surface area contributed by atoms with Crippen LogP contribution in [-0.2, 0) is 21.7 Å². The first kappa shape index (κ1) is 33.8. The van der Waals surface area contributed by atoms with Gasteiger partial charge in [0.15, 0.2) is 0 Å². The molecule has 0 spiro atoms. The number of aryl methyl sites for hydroxylation is 1. The maximum Gasteiger partial charge on any atom is 0.0547 e. The molecule has 248 valence electrons. The van der Waals surface area contributed by atoms with Crippen LogP contribution in [0.25, 0.3) is 49.7 Å². The molecule has 1 heterocycles. The average Bonchev–Trinajstić information content (AvgIpc) is 3.35. The van der Waals surface area contributed by atoms with E-state index in [0.717, 1.165) is 0 Å². The normalized spacial score (nSPS) is 13.1. The van der Waals surface area contributed by atoms with Gasteiger partial charge in [-0.1, -0.05) is 156 Å². The Morgan fingerprint density at radius 1 is 0.396 bits per heavy atom. The Morgan fingerprint density at radius 3 is 1.38 bits per heavy atom. The van der Waals surface area contributed by atoms with E-state index in [-0.39, 0.29) is 21.7 Å². The van der Waals surface area contributed by atoms with Crippen LogP contribution >= 0.6 is 0 Å². The van der Waals surface area contributed by atoms with E-state index in [4.69, 9.17) is 0 Å². The van der Waals surface area contributed by atoms with Crippen molar-refractivity contribution in [2.75, 3.05) is 0 Å². The number of benzene rings is 5. The van der Waals surface area contributed by atoms with E-state index in [2.05, 4.69) is 192 Å². The molecule has 0 amide bonds. The number of nitrogens with zero attached hydrogens (tertiary/aromatic N) is 1. The fraction of sp³-hybridized carbons (Fsp3) is 0.362. The summed E-state index contributed by atoms with van der Waals surface area (Å²) in [6.45, 7) is 30.3. The number of fused-ring (bicyclic) bond motifs is 3. The second kappa shape index (κ2) is 11.5. The summed E-state index contributed by atoms with van der Waals surface area (Å²) in [6, 6.07) is 37.1. The van der Waals surface area contributed by atoms with E-state index >= 15 is 0 Å². The first-order valence-electron chi connectivity index (χ1n) is 17.7. The zero-order valence-corrected chi connectivity index (χ0v) is 31.7. The Morgan fingerprint density at radius 2 is 0.875 bits per heavy atom. The van der Waals surface area contributed by atoms with Gasteiger partial charge in [-0.15, -0.1) is 0 Å². The van der Waals surface area contributed by atoms with E-state index in [9.17, 15) is 0 Å². The third kappa shape index (κ3) is 6.13. The topological polar surface area (TPSA) is 4.93 Å². The van der Waals surface area contributed by atoms with Crippen LogP contribution in [0.2, 0.25) is 0 Å². The molecule has 0 N–H and O–H groups in total. The molecule has 6 aromatic rings. The van der Waals surface area contributed by atoms with Crippen LogP contribution in [0.3, 0.4) is 0 Å². The van der Waals surface area contributed by atoms with Gasteiger partial charge >= 0.3 is 0 Å². The molecule has 0 saturated heterocycles. The molecule has 1 heteroatoms. The molecule has 0 unspecified atom stereocenters. The Bertz CT molecular complexity index is 2080. The van der Waals surface area contributed by atoms with Crippen molar-refractivity contribution in [3.05, 3.63) is 125 Å². The molecule has 0 aliphatic heterocycles. The van der Waals surface area contributed by atoms with Gasteiger partial charge in [0.1, 0.15) is 0 Å². The highest BCUT2D eigenvalue weighted by Gasteiger charge is 2.26. The Hall–Kier alpha value is -4.10. The zero-order chi connectivity index (χ0) is 35.0. The van der Waals surface area contributed by atoms with Crippen molar-refractivity contribution in [1.29, 1.82) is 0 Å². The standard InChI is InChI=1S/C47H55N/c1-30-38(31-18-15-14-16-19-31)22-23-41-42(30)43-39(32-24-33(44(2,3)4)26-34(25-32)45(5,6)7)20-17-21-40(43)48(41)37-28-35(46(8,9)10)27-36(29-37)47(11,12)13/h14-29H,1-13H3. The fourth-order valence-electron chi connectivity index (χ4n) is 7.02. The van der Waals surface area contributed by atoms with Crippen LogP contribution in [0.4, 0.5) is 0 Å². The van der Waals surface area contributed by atoms with Gasteiger partial charge in [0.05, 0.1) is 11.0 Å². The maximum atomic E-state index is 2.54. The molecular formula is C47H55N. The zero-order valence-electron chi connectivity index (χ0n) is 31.7. The quantitative estimate of drug-likeness (QED) is 0.183. The van der Waals surface area contributed by atoms with Gasteiger partial charge in [0.2, 0.25) is 0 Å². The molecular weight excluding hydrogens is 579 g/mol. The highest BCUT2D eigenvalue weighted by atomic mass is 15.0. The lowest BCUT2D eigenvalue weighted by Crippen LogP contribution is -2.17. The summed E-state index contributed by atoms with van der Waals surface area (Å²) in [7, 11) is 0. The van der Waals surface area contributed by atoms with Gasteiger partial charge in [-0.25, -0.2) is 0 Å². The molecule has 0 atom stereocenters. The molecule has 1 aromatic heterocycles. The third-order valence-corrected chi connectivity index (χ3v) is 10.2. The Labute approximate surface area is 290 Å². The molecule has 0 saturated carbocycles. The molecule has 0 aliphatic rings. The summed E-state index contributed by atoms with van der Waals surface area (Å²) in [6.07, 6.45) is 0. The van der Waals surface area contributed by atoms with Crippen LogP contribution in [-0.4, -0.2) is 4.57 Å². The third-order valence-electron chi connectivity index (χ3n) is 10.2. The summed E-state index contributed by atoms with van der Waals surface area (Å²) in [5.41, 5.74) is 15.8. The van der Waals surface area contributed by atoms with Crippen molar-refractivity contribution in [3.8, 4) is 27.9 Å². The highest BCUT2D eigenvalue weighted by Crippen LogP contribution is 2.45. The van der Waals surface area contributed by atoms with Gasteiger partial charge in [-0.3, -0.25) is 0 Å². The first-order valence-corrected chi connectivity index (χ1v) is 17.7. The summed E-state index contributed by atoms with van der Waals surface area (Å²) in [5.74, 6) is 0. The predicted octanol–water partition coefficient (Wildman–Crippen LogP) is 13.6. The molecule has 6 rings (SSSR count). The molecule has 0 bridgehead atoms. The molecule has 0 fully saturated rings. The monoisotopic (exact) mass is 633 g/mol. The van der Waals surface area contributed by atoms with Crippen molar-refractivity contribution in [1.82, 2.24) is 4.57 Å². The maximum absolute atomic E-state index is 2.54. The number of rotatable bonds is 3. The smallest absolute Gasteiger partial charge is 0.0547 e. The lowest BCUT2D eigenvalue weighted by molar-refractivity contribution is 0.567. The van der Waals surface area contributed by atoms with Gasteiger partial charge in [-0.05, 0) is 103 Å². The second-order valence-corrected chi connectivity index (χ2v) is 18.1. The van der Waals surface area contributed by atoms with Gasteiger partial charge in [0, 0.05) is 16.5 Å². The fourth-order valence-corrected chi connectivity index (χ4v) is 7.02. The van der Waals surface area contributed by atoms with Gasteiger partial charge in [0.25, 0.3) is 0 Å². The molecule has 1 nitrogen and oxygen atoms in total. The van der Waals surface area contributed by atoms with Crippen molar-refractivity contribution < 1.29 is 0 Å². The summed E-state index contributed by atoms with van der Waals surface area (Å²) >= 11 is 0. The summed E-state index contributed by atoms with van der Waals surface area (Å²) in [4.78, 5) is 0. The van der Waals surface area contributed by atoms with E-state index in [1.807, 2.05) is 0 Å². The number of hydrogen-bond donors (Lipinski definition) is 0. The summed E-state index contributed by atoms with van der Waals surface area (Å²) in [5, 5.41) is 2.66. The highest BCUT2D eigenvalue weighted by molar-refractivity contribution is 6.18. The lowest BCUT2D eigenvalue weighted by atomic mass is 9.78. The molecule has 48 heavy (non-hydrogen) atoms. The van der Waals surface area contributed by atoms with Gasteiger partial charge in [-0.2, -0.15) is 0 Å². The molecule has 0 aliphatic carbocycles. The minimum Gasteiger partial charge on any atom is -0.309 e. The SMILES string of the molecule is Cc1c(-c2ccccc2)ccc2c1c1c(-c3cc(C(C)(C)C)cc(C(C)(C)C)c3)cccc1n2-c1cc(C(C)(C)C)cc(C(C)(C)C)c1. The van der Waals surface area contributed by atoms with Crippen molar-refractivity contribution in [3.63, 3.8) is 0 Å². The van der Waals surface area contributed by atoms with E-state index in [1.165, 1.54) is 77.6 Å². The first-order chi connectivity index (χ1) is 22.2. The average molecular weight is 634 g/mol. The number of aromatic nitrogens is 1. The van der Waals surface area contributed by atoms with E-state index in [0.29, 0.717) is 0 Å². The molecule has 5 aromatic carbocycles. The van der Waals surface area contributed by atoms with Crippen LogP contribution in [0.15, 0.2) is 97.1 Å². The minimum absolute atomic E-state index is 0.0209. The summed E-state index contributed by atoms with van der Waals surface area (Å²) < 4.78 is 2.54. The van der Waals surface area contributed by atoms with Crippen molar-refractivity contribution in [2.24, 2.45) is 0 Å². The second-order valence-electron chi connectivity index (χ2n) is 18.1. The largest absolute Gasteiger partial charge is 0.309 e. The lowest BCUT2D eigenvalue weighted by Gasteiger charge is -2.27. The van der Waals surface area contributed by atoms with Crippen molar-refractivity contribution >= 4 is 21.8 Å². The van der Waals surface area contributed by atoms with Crippen LogP contribution in [0.1, 0.15) is 111 Å². The Balaban J connectivity index is 1.80. The van der Waals surface area contributed by atoms with Crippen LogP contribution in [0.5, 0.6) is 0 Å². The molecule has 0 radical (unpaired) electrons. The van der Waals surface area contributed by atoms with Crippen LogP contribution in [0, 0.1) is 6.92 Å². The van der Waals surface area contributed by atoms with E-state index in [1.54, 1.807) is 0 Å². The Kier molecular flexibility index (Phi) is 8.10. The minimum atomic E-state index is 0.0209. The predicted molar refractivity (Wildman–Crippen MR) is 211 cm³/mol. The van der Waals surface area contributed by atoms with Crippen LogP contribution < -0.4 is 0 Å².